The van der Waals surface area contributed by atoms with Gasteiger partial charge in [-0.25, -0.2) is 0 Å². The maximum Gasteiger partial charge on any atom is 0.254 e. The largest absolute Gasteiger partial charge is 0.378 e. The van der Waals surface area contributed by atoms with Crippen LogP contribution in [0, 0.1) is 5.92 Å². The van der Waals surface area contributed by atoms with Crippen LogP contribution in [0.4, 0.5) is 5.69 Å². The summed E-state index contributed by atoms with van der Waals surface area (Å²) in [4.78, 5) is 16.8. The fourth-order valence-corrected chi connectivity index (χ4v) is 3.08. The molecule has 2 N–H and O–H groups in total. The van der Waals surface area contributed by atoms with Crippen molar-refractivity contribution in [3.63, 3.8) is 0 Å². The number of rotatable bonds is 4. The molecule has 0 radical (unpaired) electrons. The zero-order chi connectivity index (χ0) is 15.4. The van der Waals surface area contributed by atoms with Gasteiger partial charge in [-0.05, 0) is 37.0 Å². The number of likely N-dealkylation sites (tertiary alicyclic amines) is 1. The second-order valence-electron chi connectivity index (χ2n) is 6.13. The van der Waals surface area contributed by atoms with E-state index in [0.717, 1.165) is 30.6 Å². The monoisotopic (exact) mass is 289 g/mol. The molecule has 1 heterocycles. The molecule has 1 saturated heterocycles. The van der Waals surface area contributed by atoms with Crippen molar-refractivity contribution in [2.45, 2.75) is 32.2 Å². The van der Waals surface area contributed by atoms with E-state index >= 15 is 0 Å². The number of piperidine rings is 1. The van der Waals surface area contributed by atoms with Crippen molar-refractivity contribution in [3.8, 4) is 0 Å². The summed E-state index contributed by atoms with van der Waals surface area (Å²) in [6.07, 6.45) is 3.30. The van der Waals surface area contributed by atoms with Crippen molar-refractivity contribution in [1.82, 2.24) is 4.90 Å². The van der Waals surface area contributed by atoms with Crippen LogP contribution in [0.1, 0.15) is 36.5 Å². The lowest BCUT2D eigenvalue weighted by Crippen LogP contribution is -2.49. The first kappa shape index (κ1) is 15.8. The van der Waals surface area contributed by atoms with Gasteiger partial charge in [0.05, 0.1) is 0 Å². The number of nitrogens with two attached hydrogens (primary N) is 1. The minimum atomic E-state index is 0.115. The van der Waals surface area contributed by atoms with Crippen molar-refractivity contribution >= 4 is 11.6 Å². The second-order valence-corrected chi connectivity index (χ2v) is 6.13. The smallest absolute Gasteiger partial charge is 0.254 e. The van der Waals surface area contributed by atoms with E-state index in [1.807, 2.05) is 48.2 Å². The van der Waals surface area contributed by atoms with Crippen molar-refractivity contribution < 1.29 is 4.79 Å². The standard InChI is InChI=1S/C17H27N3O/c1-4-13-8-9-20(16(10-13)12-18)17(21)14-6-5-7-15(11-14)19(2)3/h5-7,11,13,16H,4,8-10,12,18H2,1-3H3. The van der Waals surface area contributed by atoms with Crippen LogP contribution in [0.2, 0.25) is 0 Å². The predicted octanol–water partition coefficient (Wildman–Crippen LogP) is 2.34. The Balaban J connectivity index is 2.17. The summed E-state index contributed by atoms with van der Waals surface area (Å²) < 4.78 is 0. The Kier molecular flexibility index (Phi) is 5.23. The van der Waals surface area contributed by atoms with E-state index in [0.29, 0.717) is 12.5 Å². The number of benzene rings is 1. The summed E-state index contributed by atoms with van der Waals surface area (Å²) >= 11 is 0. The van der Waals surface area contributed by atoms with Gasteiger partial charge in [-0.2, -0.15) is 0 Å². The minimum Gasteiger partial charge on any atom is -0.378 e. The average molecular weight is 289 g/mol. The molecule has 1 aromatic carbocycles. The molecular weight excluding hydrogens is 262 g/mol. The van der Waals surface area contributed by atoms with Crippen molar-refractivity contribution in [1.29, 1.82) is 0 Å². The summed E-state index contributed by atoms with van der Waals surface area (Å²) in [5.41, 5.74) is 7.71. The first-order valence-electron chi connectivity index (χ1n) is 7.85. The maximum atomic E-state index is 12.8. The van der Waals surface area contributed by atoms with Gasteiger partial charge in [0.15, 0.2) is 0 Å². The van der Waals surface area contributed by atoms with Crippen LogP contribution in [0.25, 0.3) is 0 Å². The van der Waals surface area contributed by atoms with Gasteiger partial charge in [0.2, 0.25) is 0 Å². The molecule has 0 saturated carbocycles. The van der Waals surface area contributed by atoms with Crippen LogP contribution in [-0.4, -0.2) is 44.0 Å². The molecule has 4 heteroatoms. The van der Waals surface area contributed by atoms with Gasteiger partial charge in [0.25, 0.3) is 5.91 Å². The summed E-state index contributed by atoms with van der Waals surface area (Å²) in [6, 6.07) is 8.00. The molecule has 1 aromatic rings. The third-order valence-electron chi connectivity index (χ3n) is 4.54. The lowest BCUT2D eigenvalue weighted by molar-refractivity contribution is 0.0558. The number of anilines is 1. The molecular formula is C17H27N3O. The zero-order valence-electron chi connectivity index (χ0n) is 13.4. The molecule has 21 heavy (non-hydrogen) atoms. The quantitative estimate of drug-likeness (QED) is 0.925. The first-order valence-corrected chi connectivity index (χ1v) is 7.85. The number of hydrogen-bond donors (Lipinski definition) is 1. The Morgan fingerprint density at radius 2 is 2.19 bits per heavy atom. The highest BCUT2D eigenvalue weighted by atomic mass is 16.2. The summed E-state index contributed by atoms with van der Waals surface area (Å²) in [6.45, 7) is 3.59. The third kappa shape index (κ3) is 3.56. The first-order chi connectivity index (χ1) is 10.1. The van der Waals surface area contributed by atoms with Crippen molar-refractivity contribution in [3.05, 3.63) is 29.8 Å². The zero-order valence-corrected chi connectivity index (χ0v) is 13.4. The second kappa shape index (κ2) is 6.94. The number of amides is 1. The minimum absolute atomic E-state index is 0.115. The maximum absolute atomic E-state index is 12.8. The molecule has 0 aromatic heterocycles. The van der Waals surface area contributed by atoms with E-state index in [-0.39, 0.29) is 11.9 Å². The van der Waals surface area contributed by atoms with Gasteiger partial charge in [-0.1, -0.05) is 19.4 Å². The summed E-state index contributed by atoms with van der Waals surface area (Å²) in [5, 5.41) is 0. The van der Waals surface area contributed by atoms with E-state index in [4.69, 9.17) is 5.73 Å². The fraction of sp³-hybridized carbons (Fsp3) is 0.588. The van der Waals surface area contributed by atoms with Gasteiger partial charge in [-0.3, -0.25) is 4.79 Å². The Labute approximate surface area is 127 Å². The molecule has 0 spiro atoms. The lowest BCUT2D eigenvalue weighted by Gasteiger charge is -2.39. The molecule has 1 aliphatic heterocycles. The average Bonchev–Trinajstić information content (AvgIpc) is 2.53. The van der Waals surface area contributed by atoms with Gasteiger partial charge >= 0.3 is 0 Å². The number of carbonyl (C=O) groups excluding carboxylic acids is 1. The van der Waals surface area contributed by atoms with Crippen LogP contribution < -0.4 is 10.6 Å². The molecule has 2 rings (SSSR count). The molecule has 4 nitrogen and oxygen atoms in total. The SMILES string of the molecule is CCC1CCN(C(=O)c2cccc(N(C)C)c2)C(CN)C1. The van der Waals surface area contributed by atoms with Crippen LogP contribution in [0.5, 0.6) is 0 Å². The molecule has 2 atom stereocenters. The summed E-state index contributed by atoms with van der Waals surface area (Å²) in [7, 11) is 3.97. The number of carbonyl (C=O) groups is 1. The van der Waals surface area contributed by atoms with Crippen LogP contribution in [0.15, 0.2) is 24.3 Å². The van der Waals surface area contributed by atoms with Crippen LogP contribution in [0.3, 0.4) is 0 Å². The van der Waals surface area contributed by atoms with Gasteiger partial charge in [0.1, 0.15) is 0 Å². The highest BCUT2D eigenvalue weighted by molar-refractivity contribution is 5.95. The molecule has 0 bridgehead atoms. The predicted molar refractivity (Wildman–Crippen MR) is 87.7 cm³/mol. The fourth-order valence-electron chi connectivity index (χ4n) is 3.08. The van der Waals surface area contributed by atoms with Gasteiger partial charge < -0.3 is 15.5 Å². The molecule has 0 aliphatic carbocycles. The topological polar surface area (TPSA) is 49.6 Å². The van der Waals surface area contributed by atoms with Gasteiger partial charge in [0, 0.05) is 44.5 Å². The van der Waals surface area contributed by atoms with Crippen LogP contribution >= 0.6 is 0 Å². The number of nitrogens with zero attached hydrogens (tertiary/aromatic N) is 2. The van der Waals surface area contributed by atoms with Crippen LogP contribution in [-0.2, 0) is 0 Å². The van der Waals surface area contributed by atoms with E-state index in [1.165, 1.54) is 6.42 Å². The van der Waals surface area contributed by atoms with Crippen molar-refractivity contribution in [2.24, 2.45) is 11.7 Å². The summed E-state index contributed by atoms with van der Waals surface area (Å²) in [5.74, 6) is 0.819. The highest BCUT2D eigenvalue weighted by Gasteiger charge is 2.30. The Bertz CT molecular complexity index is 487. The highest BCUT2D eigenvalue weighted by Crippen LogP contribution is 2.26. The molecule has 116 valence electrons. The Hall–Kier alpha value is -1.55. The van der Waals surface area contributed by atoms with E-state index in [2.05, 4.69) is 6.92 Å². The van der Waals surface area contributed by atoms with E-state index < -0.39 is 0 Å². The van der Waals surface area contributed by atoms with Crippen molar-refractivity contribution in [2.75, 3.05) is 32.1 Å². The molecule has 1 amide bonds. The van der Waals surface area contributed by atoms with Gasteiger partial charge in [-0.15, -0.1) is 0 Å². The molecule has 2 unspecified atom stereocenters. The van der Waals surface area contributed by atoms with E-state index in [1.54, 1.807) is 0 Å². The Morgan fingerprint density at radius 3 is 2.81 bits per heavy atom. The lowest BCUT2D eigenvalue weighted by atomic mass is 9.88. The molecule has 1 aliphatic rings. The third-order valence-corrected chi connectivity index (χ3v) is 4.54. The Morgan fingerprint density at radius 1 is 1.43 bits per heavy atom. The number of hydrogen-bond acceptors (Lipinski definition) is 3. The van der Waals surface area contributed by atoms with E-state index in [9.17, 15) is 4.79 Å². The molecule has 1 fully saturated rings. The normalized spacial score (nSPS) is 22.2.